The van der Waals surface area contributed by atoms with Gasteiger partial charge in [-0.2, -0.15) is 9.57 Å². The second kappa shape index (κ2) is 7.35. The van der Waals surface area contributed by atoms with Crippen molar-refractivity contribution in [3.63, 3.8) is 0 Å². The highest BCUT2D eigenvalue weighted by Gasteiger charge is 2.29. The molecule has 1 fully saturated rings. The van der Waals surface area contributed by atoms with Crippen LogP contribution in [0.25, 0.3) is 0 Å². The van der Waals surface area contributed by atoms with Crippen LogP contribution in [0.4, 0.5) is 14.6 Å². The predicted octanol–water partition coefficient (Wildman–Crippen LogP) is 2.40. The van der Waals surface area contributed by atoms with Crippen LogP contribution in [0.3, 0.4) is 0 Å². The summed E-state index contributed by atoms with van der Waals surface area (Å²) in [6.07, 6.45) is -1.24. The van der Waals surface area contributed by atoms with Gasteiger partial charge in [-0.15, -0.1) is 0 Å². The first-order valence-electron chi connectivity index (χ1n) is 7.91. The molecule has 2 heterocycles. The van der Waals surface area contributed by atoms with E-state index in [9.17, 15) is 17.2 Å². The maximum Gasteiger partial charge on any atom is 0.264 e. The lowest BCUT2D eigenvalue weighted by Gasteiger charge is -2.34. The molecule has 0 amide bonds. The molecule has 6 nitrogen and oxygen atoms in total. The van der Waals surface area contributed by atoms with Crippen molar-refractivity contribution < 1.29 is 17.2 Å². The third-order valence-electron chi connectivity index (χ3n) is 4.21. The van der Waals surface area contributed by atoms with E-state index < -0.39 is 16.4 Å². The molecular formula is C17H16F2N4O2S. The minimum atomic E-state index is -3.66. The standard InChI is InChI=1S/C17H16F2N4O2S/c18-17(19)14-5-6-21-16(11-14)22-7-9-23(10-8-22)26(24,25)15-3-1-13(12-20)2-4-15/h1-6,11,17H,7-10H2. The van der Waals surface area contributed by atoms with E-state index in [4.69, 9.17) is 5.26 Å². The Bertz CT molecular complexity index is 919. The van der Waals surface area contributed by atoms with Crippen LogP contribution in [-0.4, -0.2) is 43.9 Å². The van der Waals surface area contributed by atoms with Gasteiger partial charge in [-0.1, -0.05) is 0 Å². The van der Waals surface area contributed by atoms with E-state index in [1.54, 1.807) is 4.90 Å². The van der Waals surface area contributed by atoms with Gasteiger partial charge in [0.15, 0.2) is 0 Å². The maximum absolute atomic E-state index is 12.8. The number of sulfonamides is 1. The Morgan fingerprint density at radius 3 is 2.31 bits per heavy atom. The van der Waals surface area contributed by atoms with Crippen molar-refractivity contribution in [3.05, 3.63) is 53.7 Å². The number of piperazine rings is 1. The first-order chi connectivity index (χ1) is 12.4. The van der Waals surface area contributed by atoms with E-state index in [0.29, 0.717) is 24.5 Å². The lowest BCUT2D eigenvalue weighted by molar-refractivity contribution is 0.151. The van der Waals surface area contributed by atoms with Gasteiger partial charge in [0, 0.05) is 37.9 Å². The molecule has 0 N–H and O–H groups in total. The summed E-state index contributed by atoms with van der Waals surface area (Å²) in [6, 6.07) is 10.3. The van der Waals surface area contributed by atoms with E-state index >= 15 is 0 Å². The minimum absolute atomic E-state index is 0.109. The molecule has 3 rings (SSSR count). The summed E-state index contributed by atoms with van der Waals surface area (Å²) in [5.74, 6) is 0.415. The van der Waals surface area contributed by atoms with Gasteiger partial charge in [-0.3, -0.25) is 0 Å². The monoisotopic (exact) mass is 378 g/mol. The number of hydrogen-bond acceptors (Lipinski definition) is 5. The smallest absolute Gasteiger partial charge is 0.264 e. The molecule has 2 aromatic rings. The first-order valence-corrected chi connectivity index (χ1v) is 9.35. The number of rotatable bonds is 4. The van der Waals surface area contributed by atoms with Gasteiger partial charge in [-0.05, 0) is 36.4 Å². The molecule has 1 aliphatic rings. The normalized spacial score (nSPS) is 15.8. The number of anilines is 1. The molecule has 1 aromatic carbocycles. The van der Waals surface area contributed by atoms with E-state index in [1.807, 2.05) is 6.07 Å². The topological polar surface area (TPSA) is 77.3 Å². The molecule has 1 saturated heterocycles. The molecule has 0 unspecified atom stereocenters. The molecule has 136 valence electrons. The van der Waals surface area contributed by atoms with Crippen molar-refractivity contribution in [2.24, 2.45) is 0 Å². The van der Waals surface area contributed by atoms with Crippen LogP contribution in [-0.2, 0) is 10.0 Å². The van der Waals surface area contributed by atoms with Gasteiger partial charge < -0.3 is 4.90 Å². The van der Waals surface area contributed by atoms with Crippen LogP contribution < -0.4 is 4.90 Å². The van der Waals surface area contributed by atoms with Gasteiger partial charge >= 0.3 is 0 Å². The van der Waals surface area contributed by atoms with Gasteiger partial charge in [0.1, 0.15) is 5.82 Å². The number of benzene rings is 1. The van der Waals surface area contributed by atoms with Crippen molar-refractivity contribution in [1.29, 1.82) is 5.26 Å². The molecule has 0 saturated carbocycles. The van der Waals surface area contributed by atoms with Gasteiger partial charge in [0.2, 0.25) is 10.0 Å². The summed E-state index contributed by atoms with van der Waals surface area (Å²) >= 11 is 0. The first kappa shape index (κ1) is 18.2. The molecule has 26 heavy (non-hydrogen) atoms. The Morgan fingerprint density at radius 1 is 1.08 bits per heavy atom. The summed E-state index contributed by atoms with van der Waals surface area (Å²) < 4.78 is 52.4. The van der Waals surface area contributed by atoms with E-state index in [1.165, 1.54) is 46.9 Å². The Kier molecular flexibility index (Phi) is 5.15. The van der Waals surface area contributed by atoms with E-state index in [-0.39, 0.29) is 23.5 Å². The Morgan fingerprint density at radius 2 is 1.73 bits per heavy atom. The molecule has 0 radical (unpaired) electrons. The average Bonchev–Trinajstić information content (AvgIpc) is 2.68. The molecule has 0 atom stereocenters. The second-order valence-corrected chi connectivity index (χ2v) is 7.71. The molecule has 0 spiro atoms. The highest BCUT2D eigenvalue weighted by molar-refractivity contribution is 7.89. The fraction of sp³-hybridized carbons (Fsp3) is 0.294. The van der Waals surface area contributed by atoms with Crippen molar-refractivity contribution in [3.8, 4) is 6.07 Å². The van der Waals surface area contributed by atoms with Gasteiger partial charge in [0.05, 0.1) is 16.5 Å². The molecule has 9 heteroatoms. The van der Waals surface area contributed by atoms with Crippen LogP contribution >= 0.6 is 0 Å². The minimum Gasteiger partial charge on any atom is -0.354 e. The molecule has 0 aliphatic carbocycles. The fourth-order valence-corrected chi connectivity index (χ4v) is 4.17. The third-order valence-corrected chi connectivity index (χ3v) is 6.12. The Balaban J connectivity index is 1.71. The summed E-state index contributed by atoms with van der Waals surface area (Å²) in [4.78, 5) is 6.02. The molecule has 1 aromatic heterocycles. The summed E-state index contributed by atoms with van der Waals surface area (Å²) in [5.41, 5.74) is 0.279. The third kappa shape index (κ3) is 3.66. The van der Waals surface area contributed by atoms with Crippen LogP contribution in [0.5, 0.6) is 0 Å². The number of hydrogen-bond donors (Lipinski definition) is 0. The SMILES string of the molecule is N#Cc1ccc(S(=O)(=O)N2CCN(c3cc(C(F)F)ccn3)CC2)cc1. The lowest BCUT2D eigenvalue weighted by Crippen LogP contribution is -2.48. The number of alkyl halides is 2. The maximum atomic E-state index is 12.8. The zero-order valence-electron chi connectivity index (χ0n) is 13.7. The number of nitrogens with zero attached hydrogens (tertiary/aromatic N) is 4. The molecular weight excluding hydrogens is 362 g/mol. The van der Waals surface area contributed by atoms with Crippen molar-refractivity contribution >= 4 is 15.8 Å². The van der Waals surface area contributed by atoms with Crippen molar-refractivity contribution in [1.82, 2.24) is 9.29 Å². The summed E-state index contributed by atoms with van der Waals surface area (Å²) in [5, 5.41) is 8.80. The van der Waals surface area contributed by atoms with E-state index in [0.717, 1.165) is 0 Å². The molecule has 0 bridgehead atoms. The van der Waals surface area contributed by atoms with Crippen molar-refractivity contribution in [2.75, 3.05) is 31.1 Å². The zero-order chi connectivity index (χ0) is 18.7. The number of halogens is 2. The van der Waals surface area contributed by atoms with Crippen molar-refractivity contribution in [2.45, 2.75) is 11.3 Å². The summed E-state index contributed by atoms with van der Waals surface area (Å²) in [6.45, 7) is 1.16. The largest absolute Gasteiger partial charge is 0.354 e. The quantitative estimate of drug-likeness (QED) is 0.817. The van der Waals surface area contributed by atoms with Crippen LogP contribution in [0.15, 0.2) is 47.5 Å². The zero-order valence-corrected chi connectivity index (χ0v) is 14.5. The fourth-order valence-electron chi connectivity index (χ4n) is 2.75. The number of aromatic nitrogens is 1. The highest BCUT2D eigenvalue weighted by Crippen LogP contribution is 2.24. The molecule has 1 aliphatic heterocycles. The lowest BCUT2D eigenvalue weighted by atomic mass is 10.2. The Hall–Kier alpha value is -2.57. The predicted molar refractivity (Wildman–Crippen MR) is 91.3 cm³/mol. The van der Waals surface area contributed by atoms with Crippen LogP contribution in [0.2, 0.25) is 0 Å². The van der Waals surface area contributed by atoms with E-state index in [2.05, 4.69) is 4.98 Å². The van der Waals surface area contributed by atoms with Gasteiger partial charge in [0.25, 0.3) is 6.43 Å². The van der Waals surface area contributed by atoms with Crippen LogP contribution in [0.1, 0.15) is 17.6 Å². The second-order valence-electron chi connectivity index (χ2n) is 5.78. The Labute approximate surface area is 150 Å². The highest BCUT2D eigenvalue weighted by atomic mass is 32.2. The summed E-state index contributed by atoms with van der Waals surface area (Å²) in [7, 11) is -3.66. The average molecular weight is 378 g/mol. The number of pyridine rings is 1. The number of nitriles is 1. The van der Waals surface area contributed by atoms with Gasteiger partial charge in [-0.25, -0.2) is 22.2 Å². The van der Waals surface area contributed by atoms with Crippen LogP contribution in [0, 0.1) is 11.3 Å².